The number of rotatable bonds is 6. The van der Waals surface area contributed by atoms with Crippen molar-refractivity contribution in [2.75, 3.05) is 44.4 Å². The predicted octanol–water partition coefficient (Wildman–Crippen LogP) is 4.00. The molecule has 13 heteroatoms. The van der Waals surface area contributed by atoms with Crippen molar-refractivity contribution in [3.63, 3.8) is 0 Å². The number of hydrogen-bond donors (Lipinski definition) is 1. The Balaban J connectivity index is 0.000000906. The number of fused-ring (bicyclic) bond motifs is 2. The summed E-state index contributed by atoms with van der Waals surface area (Å²) in [7, 11) is 0. The van der Waals surface area contributed by atoms with Crippen molar-refractivity contribution in [3.8, 4) is 11.5 Å². The van der Waals surface area contributed by atoms with E-state index in [1.54, 1.807) is 21.6 Å². The second-order valence-corrected chi connectivity index (χ2v) is 12.9. The van der Waals surface area contributed by atoms with Crippen molar-refractivity contribution in [1.82, 2.24) is 19.2 Å². The van der Waals surface area contributed by atoms with Gasteiger partial charge in [0.05, 0.1) is 10.5 Å². The predicted molar refractivity (Wildman–Crippen MR) is 174 cm³/mol. The van der Waals surface area contributed by atoms with Crippen molar-refractivity contribution in [3.05, 3.63) is 68.5 Å². The largest absolute Gasteiger partial charge is 0.481 e. The van der Waals surface area contributed by atoms with Crippen molar-refractivity contribution >= 4 is 57.7 Å². The molecule has 1 amide bonds. The minimum absolute atomic E-state index is 0.156. The summed E-state index contributed by atoms with van der Waals surface area (Å²) in [5, 5.41) is 7.42. The van der Waals surface area contributed by atoms with Crippen LogP contribution in [0.3, 0.4) is 0 Å². The monoisotopic (exact) mass is 637 g/mol. The Kier molecular flexibility index (Phi) is 9.56. The zero-order valence-corrected chi connectivity index (χ0v) is 26.7. The quantitative estimate of drug-likeness (QED) is 0.312. The first-order chi connectivity index (χ1) is 21.0. The summed E-state index contributed by atoms with van der Waals surface area (Å²) in [4.78, 5) is 47.6. The average Bonchev–Trinajstić information content (AvgIpc) is 3.54. The molecule has 2 fully saturated rings. The van der Waals surface area contributed by atoms with Gasteiger partial charge in [-0.1, -0.05) is 50.0 Å². The number of anilines is 1. The van der Waals surface area contributed by atoms with E-state index in [4.69, 9.17) is 36.6 Å². The zero-order chi connectivity index (χ0) is 31.5. The number of aromatic nitrogens is 2. The highest BCUT2D eigenvalue weighted by Crippen LogP contribution is 2.35. The number of pyridine rings is 1. The molecular weight excluding hydrogens is 603 g/mol. The van der Waals surface area contributed by atoms with Crippen LogP contribution in [0.5, 0.6) is 11.5 Å². The third kappa shape index (κ3) is 7.06. The Labute approximate surface area is 265 Å². The second kappa shape index (κ2) is 13.4. The van der Waals surface area contributed by atoms with Crippen LogP contribution in [-0.4, -0.2) is 80.0 Å². The number of carbonyl (C=O) groups is 2. The molecule has 0 bridgehead atoms. The minimum Gasteiger partial charge on any atom is -0.481 e. The number of thiocarbonyl (C=S) groups is 1. The summed E-state index contributed by atoms with van der Waals surface area (Å²) in [5.74, 6) is 1.46. The fourth-order valence-electron chi connectivity index (χ4n) is 5.18. The van der Waals surface area contributed by atoms with E-state index in [1.807, 2.05) is 31.2 Å². The van der Waals surface area contributed by atoms with Crippen LogP contribution >= 0.6 is 24.0 Å². The fraction of sp³-hybridized carbons (Fsp3) is 0.387. The summed E-state index contributed by atoms with van der Waals surface area (Å²) in [6, 6.07) is 9.88. The Bertz CT molecular complexity index is 1690. The van der Waals surface area contributed by atoms with Crippen LogP contribution in [0.4, 0.5) is 5.82 Å². The molecule has 3 aromatic rings. The molecule has 0 atom stereocenters. The molecule has 11 nitrogen and oxygen atoms in total. The SMILES string of the molecule is CC(=O)O.Cc1ccc2nc(N3CCN(Cc4ccc5c(c4)OCO5)CC3)c(/C=C3\SC(=S)N(CC(C)C)C3=O)c(=O)n2c1. The lowest BCUT2D eigenvalue weighted by molar-refractivity contribution is -0.134. The number of thioether (sulfide) groups is 1. The number of amides is 1. The Morgan fingerprint density at radius 1 is 1.11 bits per heavy atom. The molecule has 0 spiro atoms. The van der Waals surface area contributed by atoms with Gasteiger partial charge in [0.25, 0.3) is 17.4 Å². The lowest BCUT2D eigenvalue weighted by Crippen LogP contribution is -2.47. The highest BCUT2D eigenvalue weighted by atomic mass is 32.2. The summed E-state index contributed by atoms with van der Waals surface area (Å²) in [6.07, 6.45) is 3.48. The normalized spacial score (nSPS) is 17.5. The van der Waals surface area contributed by atoms with Gasteiger partial charge in [0.15, 0.2) is 11.5 Å². The lowest BCUT2D eigenvalue weighted by atomic mass is 10.1. The molecule has 44 heavy (non-hydrogen) atoms. The van der Waals surface area contributed by atoms with Gasteiger partial charge < -0.3 is 19.5 Å². The Morgan fingerprint density at radius 3 is 2.52 bits per heavy atom. The lowest BCUT2D eigenvalue weighted by Gasteiger charge is -2.36. The summed E-state index contributed by atoms with van der Waals surface area (Å²) in [6.45, 7) is 11.7. The summed E-state index contributed by atoms with van der Waals surface area (Å²) < 4.78 is 13.1. The van der Waals surface area contributed by atoms with Gasteiger partial charge in [0, 0.05) is 52.4 Å². The molecular formula is C31H35N5O6S2. The van der Waals surface area contributed by atoms with Gasteiger partial charge >= 0.3 is 0 Å². The number of carboxylic acid groups (broad SMARTS) is 1. The van der Waals surface area contributed by atoms with Gasteiger partial charge in [-0.2, -0.15) is 0 Å². The third-order valence-electron chi connectivity index (χ3n) is 7.20. The standard InChI is InChI=1S/C29H31N5O4S2.C2H4O2/c1-18(2)14-34-28(36)24(40-29(34)39)13-21-26(30-25-7-4-19(3)15-33(25)27(21)35)32-10-8-31(9-11-32)16-20-5-6-22-23(12-20)38-17-37-22;1-2(3)4/h4-7,12-13,15,18H,8-11,14,16-17H2,1-3H3;1H3,(H,3,4)/b24-13-;. The van der Waals surface area contributed by atoms with Gasteiger partial charge in [0.2, 0.25) is 6.79 Å². The zero-order valence-electron chi connectivity index (χ0n) is 25.1. The highest BCUT2D eigenvalue weighted by Gasteiger charge is 2.33. The highest BCUT2D eigenvalue weighted by molar-refractivity contribution is 8.26. The molecule has 0 aliphatic carbocycles. The van der Waals surface area contributed by atoms with E-state index < -0.39 is 5.97 Å². The average molecular weight is 638 g/mol. The maximum Gasteiger partial charge on any atom is 0.300 e. The number of aryl methyl sites for hydroxylation is 1. The van der Waals surface area contributed by atoms with E-state index in [1.165, 1.54) is 17.3 Å². The molecule has 1 aromatic carbocycles. The van der Waals surface area contributed by atoms with Gasteiger partial charge in [0.1, 0.15) is 15.8 Å². The number of piperazine rings is 1. The van der Waals surface area contributed by atoms with E-state index in [0.29, 0.717) is 45.9 Å². The van der Waals surface area contributed by atoms with Gasteiger partial charge in [-0.25, -0.2) is 4.98 Å². The maximum absolute atomic E-state index is 13.8. The number of nitrogens with zero attached hydrogens (tertiary/aromatic N) is 5. The first-order valence-electron chi connectivity index (χ1n) is 14.3. The van der Waals surface area contributed by atoms with Crippen LogP contribution in [0, 0.1) is 12.8 Å². The van der Waals surface area contributed by atoms with Crippen LogP contribution in [0.2, 0.25) is 0 Å². The molecule has 232 valence electrons. The number of hydrogen-bond acceptors (Lipinski definition) is 10. The topological polar surface area (TPSA) is 117 Å². The van der Waals surface area contributed by atoms with Crippen LogP contribution < -0.4 is 19.9 Å². The smallest absolute Gasteiger partial charge is 0.300 e. The van der Waals surface area contributed by atoms with E-state index in [-0.39, 0.29) is 24.2 Å². The number of carbonyl (C=O) groups excluding carboxylic acids is 1. The minimum atomic E-state index is -0.833. The molecule has 0 unspecified atom stereocenters. The van der Waals surface area contributed by atoms with Crippen LogP contribution in [0.15, 0.2) is 46.2 Å². The van der Waals surface area contributed by atoms with E-state index in [9.17, 15) is 9.59 Å². The van der Waals surface area contributed by atoms with Crippen molar-refractivity contribution in [1.29, 1.82) is 0 Å². The molecule has 3 aliphatic rings. The first-order valence-corrected chi connectivity index (χ1v) is 15.6. The molecule has 0 radical (unpaired) electrons. The van der Waals surface area contributed by atoms with Crippen LogP contribution in [-0.2, 0) is 16.1 Å². The van der Waals surface area contributed by atoms with E-state index in [2.05, 4.69) is 29.7 Å². The van der Waals surface area contributed by atoms with Crippen LogP contribution in [0.25, 0.3) is 11.7 Å². The molecule has 2 aromatic heterocycles. The van der Waals surface area contributed by atoms with Crippen molar-refractivity contribution in [2.45, 2.75) is 34.2 Å². The van der Waals surface area contributed by atoms with Gasteiger partial charge in [-0.05, 0) is 48.2 Å². The molecule has 2 saturated heterocycles. The number of ether oxygens (including phenoxy) is 2. The maximum atomic E-state index is 13.8. The summed E-state index contributed by atoms with van der Waals surface area (Å²) >= 11 is 6.75. The molecule has 5 heterocycles. The van der Waals surface area contributed by atoms with Crippen LogP contribution in [0.1, 0.15) is 37.5 Å². The molecule has 1 N–H and O–H groups in total. The van der Waals surface area contributed by atoms with Crippen molar-refractivity contribution in [2.24, 2.45) is 5.92 Å². The molecule has 0 saturated carbocycles. The Morgan fingerprint density at radius 2 is 1.82 bits per heavy atom. The number of aliphatic carboxylic acids is 1. The second-order valence-electron chi connectivity index (χ2n) is 11.2. The fourth-order valence-corrected chi connectivity index (χ4v) is 6.44. The van der Waals surface area contributed by atoms with E-state index in [0.717, 1.165) is 43.6 Å². The number of carboxylic acids is 1. The molecule has 3 aliphatic heterocycles. The third-order valence-corrected chi connectivity index (χ3v) is 8.57. The summed E-state index contributed by atoms with van der Waals surface area (Å²) in [5.41, 5.74) is 2.92. The van der Waals surface area contributed by atoms with E-state index >= 15 is 0 Å². The van der Waals surface area contributed by atoms with Gasteiger partial charge in [-0.3, -0.25) is 28.6 Å². The van der Waals surface area contributed by atoms with Crippen molar-refractivity contribution < 1.29 is 24.2 Å². The van der Waals surface area contributed by atoms with Gasteiger partial charge in [-0.15, -0.1) is 0 Å². The molecule has 6 rings (SSSR count). The number of benzene rings is 1. The first kappa shape index (κ1) is 31.5. The Hall–Kier alpha value is -3.94.